The summed E-state index contributed by atoms with van der Waals surface area (Å²) < 4.78 is 0. The number of hydrogen-bond donors (Lipinski definition) is 3. The summed E-state index contributed by atoms with van der Waals surface area (Å²) in [5.41, 5.74) is 7.72. The van der Waals surface area contributed by atoms with Crippen LogP contribution in [0.2, 0.25) is 0 Å². The van der Waals surface area contributed by atoms with Crippen molar-refractivity contribution in [2.75, 3.05) is 0 Å². The summed E-state index contributed by atoms with van der Waals surface area (Å²) in [5.74, 6) is 0.199. The number of amidine groups is 1. The maximum atomic E-state index is 8.80. The zero-order chi connectivity index (χ0) is 15.1. The molecule has 0 fully saturated rings. The summed E-state index contributed by atoms with van der Waals surface area (Å²) >= 11 is 0. The number of aromatic nitrogens is 1. The predicted octanol–water partition coefficient (Wildman–Crippen LogP) is 2.61. The third-order valence-electron chi connectivity index (χ3n) is 3.33. The molecule has 110 valence electrons. The summed E-state index contributed by atoms with van der Waals surface area (Å²) in [7, 11) is 0. The molecule has 1 aromatic carbocycles. The van der Waals surface area contributed by atoms with E-state index in [1.165, 1.54) is 0 Å². The van der Waals surface area contributed by atoms with Gasteiger partial charge in [0.05, 0.1) is 5.69 Å². The van der Waals surface area contributed by atoms with Crippen LogP contribution in [0.1, 0.15) is 36.7 Å². The molecule has 0 aliphatic rings. The molecule has 1 aromatic heterocycles. The molecule has 0 saturated carbocycles. The number of nitrogens with two attached hydrogens (primary N) is 1. The van der Waals surface area contributed by atoms with Gasteiger partial charge in [-0.3, -0.25) is 4.98 Å². The van der Waals surface area contributed by atoms with Crippen molar-refractivity contribution in [2.24, 2.45) is 10.9 Å². The topological polar surface area (TPSA) is 83.5 Å². The maximum Gasteiger partial charge on any atom is 0.141 e. The number of rotatable bonds is 6. The molecule has 2 rings (SSSR count). The highest BCUT2D eigenvalue weighted by molar-refractivity contribution is 5.80. The van der Waals surface area contributed by atoms with E-state index in [4.69, 9.17) is 10.9 Å². The average molecular weight is 284 g/mol. The lowest BCUT2D eigenvalue weighted by molar-refractivity contribution is 0.315. The molecule has 0 radical (unpaired) electrons. The first-order chi connectivity index (χ1) is 10.2. The van der Waals surface area contributed by atoms with Crippen LogP contribution < -0.4 is 11.1 Å². The fourth-order valence-corrected chi connectivity index (χ4v) is 2.23. The van der Waals surface area contributed by atoms with Gasteiger partial charge in [-0.1, -0.05) is 41.6 Å². The van der Waals surface area contributed by atoms with Crippen LogP contribution >= 0.6 is 0 Å². The summed E-state index contributed by atoms with van der Waals surface area (Å²) in [5, 5.41) is 15.4. The minimum absolute atomic E-state index is 0.0425. The standard InChI is InChI=1S/C16H20N4O/c1-12(14-9-5-6-10-18-14)19-15(11-16(17)20-21)13-7-3-2-4-8-13/h2-10,12,15,19,21H,11H2,1H3,(H2,17,20). The first kappa shape index (κ1) is 15.0. The minimum atomic E-state index is -0.0425. The molecule has 2 unspecified atom stereocenters. The Morgan fingerprint density at radius 3 is 2.57 bits per heavy atom. The van der Waals surface area contributed by atoms with Crippen molar-refractivity contribution in [2.45, 2.75) is 25.4 Å². The number of benzene rings is 1. The Hall–Kier alpha value is -2.40. The molecular formula is C16H20N4O. The normalized spacial score (nSPS) is 14.6. The largest absolute Gasteiger partial charge is 0.409 e. The predicted molar refractivity (Wildman–Crippen MR) is 83.0 cm³/mol. The van der Waals surface area contributed by atoms with Crippen LogP contribution in [-0.4, -0.2) is 16.0 Å². The molecular weight excluding hydrogens is 264 g/mol. The zero-order valence-corrected chi connectivity index (χ0v) is 12.0. The third kappa shape index (κ3) is 4.29. The van der Waals surface area contributed by atoms with Gasteiger partial charge in [-0.2, -0.15) is 0 Å². The second-order valence-corrected chi connectivity index (χ2v) is 4.90. The van der Waals surface area contributed by atoms with Gasteiger partial charge in [-0.15, -0.1) is 0 Å². The van der Waals surface area contributed by atoms with Gasteiger partial charge in [0.15, 0.2) is 0 Å². The molecule has 1 heterocycles. The molecule has 2 aromatic rings. The van der Waals surface area contributed by atoms with E-state index in [0.717, 1.165) is 11.3 Å². The fourth-order valence-electron chi connectivity index (χ4n) is 2.23. The average Bonchev–Trinajstić information content (AvgIpc) is 2.55. The fraction of sp³-hybridized carbons (Fsp3) is 0.250. The molecule has 4 N–H and O–H groups in total. The molecule has 0 spiro atoms. The van der Waals surface area contributed by atoms with Gasteiger partial charge in [0, 0.05) is 24.7 Å². The highest BCUT2D eigenvalue weighted by Gasteiger charge is 2.17. The van der Waals surface area contributed by atoms with Gasteiger partial charge in [0.2, 0.25) is 0 Å². The Morgan fingerprint density at radius 1 is 1.24 bits per heavy atom. The summed E-state index contributed by atoms with van der Waals surface area (Å²) in [6.07, 6.45) is 2.20. The van der Waals surface area contributed by atoms with Crippen LogP contribution in [0.3, 0.4) is 0 Å². The molecule has 0 aliphatic heterocycles. The van der Waals surface area contributed by atoms with Crippen molar-refractivity contribution in [3.63, 3.8) is 0 Å². The molecule has 0 amide bonds. The smallest absolute Gasteiger partial charge is 0.141 e. The van der Waals surface area contributed by atoms with Crippen LogP contribution in [0.5, 0.6) is 0 Å². The van der Waals surface area contributed by atoms with Gasteiger partial charge in [0.25, 0.3) is 0 Å². The molecule has 5 heteroatoms. The molecule has 0 aliphatic carbocycles. The lowest BCUT2D eigenvalue weighted by atomic mass is 10.0. The number of pyridine rings is 1. The van der Waals surface area contributed by atoms with Crippen LogP contribution in [0.25, 0.3) is 0 Å². The Morgan fingerprint density at radius 2 is 1.95 bits per heavy atom. The minimum Gasteiger partial charge on any atom is -0.409 e. The third-order valence-corrected chi connectivity index (χ3v) is 3.33. The van der Waals surface area contributed by atoms with E-state index in [1.54, 1.807) is 6.20 Å². The highest BCUT2D eigenvalue weighted by Crippen LogP contribution is 2.21. The Bertz CT molecular complexity index is 571. The van der Waals surface area contributed by atoms with Gasteiger partial charge in [0.1, 0.15) is 5.84 Å². The maximum absolute atomic E-state index is 8.80. The quantitative estimate of drug-likeness (QED) is 0.329. The van der Waals surface area contributed by atoms with Crippen LogP contribution in [0.15, 0.2) is 59.9 Å². The van der Waals surface area contributed by atoms with E-state index >= 15 is 0 Å². The Labute approximate surface area is 124 Å². The number of oxime groups is 1. The van der Waals surface area contributed by atoms with E-state index in [-0.39, 0.29) is 17.9 Å². The van der Waals surface area contributed by atoms with Gasteiger partial charge >= 0.3 is 0 Å². The molecule has 5 nitrogen and oxygen atoms in total. The molecule has 0 saturated heterocycles. The zero-order valence-electron chi connectivity index (χ0n) is 12.0. The van der Waals surface area contributed by atoms with Crippen molar-refractivity contribution < 1.29 is 5.21 Å². The SMILES string of the molecule is CC(NC(CC(N)=NO)c1ccccc1)c1ccccn1. The second-order valence-electron chi connectivity index (χ2n) is 4.90. The van der Waals surface area contributed by atoms with Gasteiger partial charge in [-0.05, 0) is 24.6 Å². The lowest BCUT2D eigenvalue weighted by Crippen LogP contribution is -2.29. The van der Waals surface area contributed by atoms with Crippen LogP contribution in [0.4, 0.5) is 0 Å². The van der Waals surface area contributed by atoms with Crippen molar-refractivity contribution in [3.05, 3.63) is 66.0 Å². The van der Waals surface area contributed by atoms with Crippen LogP contribution in [0, 0.1) is 0 Å². The number of hydrogen-bond acceptors (Lipinski definition) is 4. The molecule has 21 heavy (non-hydrogen) atoms. The monoisotopic (exact) mass is 284 g/mol. The highest BCUT2D eigenvalue weighted by atomic mass is 16.4. The van der Waals surface area contributed by atoms with Crippen molar-refractivity contribution >= 4 is 5.84 Å². The number of nitrogens with one attached hydrogen (secondary N) is 1. The lowest BCUT2D eigenvalue weighted by Gasteiger charge is -2.23. The Balaban J connectivity index is 2.16. The molecule has 0 bridgehead atoms. The van der Waals surface area contributed by atoms with Crippen molar-refractivity contribution in [1.82, 2.24) is 10.3 Å². The summed E-state index contributed by atoms with van der Waals surface area (Å²) in [6.45, 7) is 2.05. The van der Waals surface area contributed by atoms with Crippen LogP contribution in [-0.2, 0) is 0 Å². The van der Waals surface area contributed by atoms with Crippen molar-refractivity contribution in [1.29, 1.82) is 0 Å². The summed E-state index contributed by atoms with van der Waals surface area (Å²) in [6, 6.07) is 15.8. The second kappa shape index (κ2) is 7.40. The van der Waals surface area contributed by atoms with E-state index < -0.39 is 0 Å². The van der Waals surface area contributed by atoms with Gasteiger partial charge in [-0.25, -0.2) is 0 Å². The number of nitrogens with zero attached hydrogens (tertiary/aromatic N) is 2. The first-order valence-electron chi connectivity index (χ1n) is 6.89. The first-order valence-corrected chi connectivity index (χ1v) is 6.89. The van der Waals surface area contributed by atoms with E-state index in [0.29, 0.717) is 6.42 Å². The molecule has 2 atom stereocenters. The van der Waals surface area contributed by atoms with E-state index in [1.807, 2.05) is 55.5 Å². The Kier molecular flexibility index (Phi) is 5.29. The summed E-state index contributed by atoms with van der Waals surface area (Å²) in [4.78, 5) is 4.35. The van der Waals surface area contributed by atoms with E-state index in [2.05, 4.69) is 15.5 Å². The van der Waals surface area contributed by atoms with Crippen molar-refractivity contribution in [3.8, 4) is 0 Å². The van der Waals surface area contributed by atoms with E-state index in [9.17, 15) is 0 Å². The van der Waals surface area contributed by atoms with Gasteiger partial charge < -0.3 is 16.3 Å².